The Balaban J connectivity index is 1.60. The largest absolute Gasteiger partial charge is 0.351 e. The molecular weight excluding hydrogens is 350 g/mol. The summed E-state index contributed by atoms with van der Waals surface area (Å²) in [5.41, 5.74) is 0.296. The number of amides is 2. The van der Waals surface area contributed by atoms with Crippen LogP contribution in [-0.2, 0) is 25.8 Å². The summed E-state index contributed by atoms with van der Waals surface area (Å²) in [6.45, 7) is 0.504. The summed E-state index contributed by atoms with van der Waals surface area (Å²) in [5.74, 6) is -0.508. The smallest absolute Gasteiger partial charge is 0.267 e. The third-order valence-electron chi connectivity index (χ3n) is 4.11. The molecule has 0 aromatic carbocycles. The van der Waals surface area contributed by atoms with E-state index >= 15 is 0 Å². The number of carbonyl (C=O) groups excluding carboxylic acids is 2. The van der Waals surface area contributed by atoms with E-state index in [1.54, 1.807) is 11.3 Å². The molecule has 0 spiro atoms. The molecular formula is C15H19N3O4S2. The number of carbonyl (C=O) groups is 2. The lowest BCUT2D eigenvalue weighted by molar-refractivity contribution is -0.133. The van der Waals surface area contributed by atoms with Crippen LogP contribution < -0.4 is 5.32 Å². The zero-order valence-electron chi connectivity index (χ0n) is 13.1. The Kier molecular flexibility index (Phi) is 5.00. The molecule has 2 aliphatic heterocycles. The number of rotatable bonds is 5. The number of hydrogen-bond donors (Lipinski definition) is 1. The van der Waals surface area contributed by atoms with Gasteiger partial charge in [-0.2, -0.15) is 5.10 Å². The lowest BCUT2D eigenvalue weighted by Crippen LogP contribution is -2.44. The molecule has 0 radical (unpaired) electrons. The highest BCUT2D eigenvalue weighted by molar-refractivity contribution is 7.91. The fourth-order valence-corrected chi connectivity index (χ4v) is 5.25. The van der Waals surface area contributed by atoms with Gasteiger partial charge in [0, 0.05) is 24.3 Å². The molecule has 24 heavy (non-hydrogen) atoms. The van der Waals surface area contributed by atoms with Gasteiger partial charge in [-0.05, 0) is 24.3 Å². The van der Waals surface area contributed by atoms with E-state index in [0.29, 0.717) is 25.1 Å². The molecule has 1 atom stereocenters. The van der Waals surface area contributed by atoms with E-state index in [1.165, 1.54) is 9.89 Å². The second kappa shape index (κ2) is 7.02. The van der Waals surface area contributed by atoms with Gasteiger partial charge in [-0.1, -0.05) is 6.07 Å². The first-order chi connectivity index (χ1) is 11.4. The number of nitrogens with zero attached hydrogens (tertiary/aromatic N) is 2. The Morgan fingerprint density at radius 1 is 1.42 bits per heavy atom. The summed E-state index contributed by atoms with van der Waals surface area (Å²) in [6.07, 6.45) is 1.61. The molecule has 1 fully saturated rings. The van der Waals surface area contributed by atoms with Crippen molar-refractivity contribution >= 4 is 38.7 Å². The summed E-state index contributed by atoms with van der Waals surface area (Å²) in [7, 11) is -3.11. The lowest BCUT2D eigenvalue weighted by atomic mass is 10.1. The third-order valence-corrected chi connectivity index (χ3v) is 6.80. The number of sulfone groups is 1. The van der Waals surface area contributed by atoms with Crippen LogP contribution in [0.1, 0.15) is 24.1 Å². The zero-order valence-corrected chi connectivity index (χ0v) is 14.7. The van der Waals surface area contributed by atoms with Crippen LogP contribution in [-0.4, -0.2) is 55.0 Å². The molecule has 9 heteroatoms. The maximum atomic E-state index is 12.2. The Labute approximate surface area is 144 Å². The highest BCUT2D eigenvalue weighted by atomic mass is 32.2. The Hall–Kier alpha value is -1.74. The van der Waals surface area contributed by atoms with Crippen LogP contribution >= 0.6 is 11.3 Å². The van der Waals surface area contributed by atoms with Crippen LogP contribution in [0.25, 0.3) is 0 Å². The molecule has 7 nitrogen and oxygen atoms in total. The fourth-order valence-electron chi connectivity index (χ4n) is 2.84. The van der Waals surface area contributed by atoms with E-state index in [2.05, 4.69) is 10.4 Å². The van der Waals surface area contributed by atoms with E-state index in [4.69, 9.17) is 0 Å². The molecule has 0 saturated carbocycles. The van der Waals surface area contributed by atoms with Gasteiger partial charge in [-0.15, -0.1) is 11.3 Å². The topological polar surface area (TPSA) is 95.9 Å². The van der Waals surface area contributed by atoms with Crippen LogP contribution in [0.4, 0.5) is 0 Å². The summed E-state index contributed by atoms with van der Waals surface area (Å²) < 4.78 is 23.2. The average Bonchev–Trinajstić information content (AvgIpc) is 3.17. The van der Waals surface area contributed by atoms with Gasteiger partial charge in [0.25, 0.3) is 5.91 Å². The average molecular weight is 369 g/mol. The summed E-state index contributed by atoms with van der Waals surface area (Å²) in [6, 6.07) is 3.53. The number of hydrogen-bond acceptors (Lipinski definition) is 6. The Bertz CT molecular complexity index is 756. The quantitative estimate of drug-likeness (QED) is 0.821. The SMILES string of the molecule is O=C(NCCc1cccs1)C1=NN(C2CCS(=O)(=O)C2)C(=O)CC1. The van der Waals surface area contributed by atoms with Gasteiger partial charge in [0.05, 0.1) is 17.5 Å². The van der Waals surface area contributed by atoms with E-state index in [9.17, 15) is 18.0 Å². The van der Waals surface area contributed by atoms with Crippen molar-refractivity contribution in [2.24, 2.45) is 5.10 Å². The molecule has 1 unspecified atom stereocenters. The standard InChI is InChI=1S/C15H19N3O4S2/c19-14-4-3-13(15(20)16-7-5-12-2-1-8-23-12)17-18(14)11-6-9-24(21,22)10-11/h1-2,8,11H,3-7,9-10H2,(H,16,20). The second-order valence-corrected chi connectivity index (χ2v) is 9.19. The highest BCUT2D eigenvalue weighted by Crippen LogP contribution is 2.22. The minimum atomic E-state index is -3.11. The molecule has 2 aliphatic rings. The molecule has 0 bridgehead atoms. The third kappa shape index (κ3) is 4.02. The lowest BCUT2D eigenvalue weighted by Gasteiger charge is -2.27. The summed E-state index contributed by atoms with van der Waals surface area (Å²) in [5, 5.41) is 10.2. The number of nitrogens with one attached hydrogen (secondary N) is 1. The van der Waals surface area contributed by atoms with Gasteiger partial charge in [0.1, 0.15) is 5.71 Å². The molecule has 1 aromatic rings. The van der Waals surface area contributed by atoms with Gasteiger partial charge < -0.3 is 5.32 Å². The van der Waals surface area contributed by atoms with Crippen LogP contribution in [0, 0.1) is 0 Å². The Morgan fingerprint density at radius 2 is 2.25 bits per heavy atom. The Morgan fingerprint density at radius 3 is 2.92 bits per heavy atom. The predicted molar refractivity (Wildman–Crippen MR) is 91.6 cm³/mol. The molecule has 3 rings (SSSR count). The van der Waals surface area contributed by atoms with Crippen molar-refractivity contribution in [2.45, 2.75) is 31.7 Å². The van der Waals surface area contributed by atoms with Gasteiger partial charge in [0.2, 0.25) is 5.91 Å². The summed E-state index contributed by atoms with van der Waals surface area (Å²) >= 11 is 1.64. The number of hydrazone groups is 1. The van der Waals surface area contributed by atoms with Crippen molar-refractivity contribution in [1.29, 1.82) is 0 Å². The predicted octanol–water partition coefficient (Wildman–Crippen LogP) is 0.572. The van der Waals surface area contributed by atoms with E-state index < -0.39 is 15.9 Å². The molecule has 1 N–H and O–H groups in total. The van der Waals surface area contributed by atoms with E-state index in [1.807, 2.05) is 17.5 Å². The molecule has 2 amide bonds. The molecule has 130 valence electrons. The first kappa shape index (κ1) is 17.1. The maximum absolute atomic E-state index is 12.2. The molecule has 0 aliphatic carbocycles. The van der Waals surface area contributed by atoms with Crippen molar-refractivity contribution in [3.8, 4) is 0 Å². The second-order valence-electron chi connectivity index (χ2n) is 5.93. The first-order valence-electron chi connectivity index (χ1n) is 7.85. The van der Waals surface area contributed by atoms with Crippen LogP contribution in [0.15, 0.2) is 22.6 Å². The van der Waals surface area contributed by atoms with Gasteiger partial charge in [0.15, 0.2) is 9.84 Å². The minimum absolute atomic E-state index is 0.0688. The zero-order chi connectivity index (χ0) is 17.2. The van der Waals surface area contributed by atoms with Gasteiger partial charge in [-0.3, -0.25) is 9.59 Å². The van der Waals surface area contributed by atoms with Gasteiger partial charge >= 0.3 is 0 Å². The fraction of sp³-hybridized carbons (Fsp3) is 0.533. The molecule has 3 heterocycles. The van der Waals surface area contributed by atoms with Crippen LogP contribution in [0.2, 0.25) is 0 Å². The number of thiophene rings is 1. The van der Waals surface area contributed by atoms with Crippen LogP contribution in [0.3, 0.4) is 0 Å². The van der Waals surface area contributed by atoms with Crippen molar-refractivity contribution in [1.82, 2.24) is 10.3 Å². The first-order valence-corrected chi connectivity index (χ1v) is 10.6. The van der Waals surface area contributed by atoms with Crippen molar-refractivity contribution in [3.63, 3.8) is 0 Å². The molecule has 1 aromatic heterocycles. The van der Waals surface area contributed by atoms with E-state index in [0.717, 1.165) is 6.42 Å². The summed E-state index contributed by atoms with van der Waals surface area (Å²) in [4.78, 5) is 25.4. The monoisotopic (exact) mass is 369 g/mol. The maximum Gasteiger partial charge on any atom is 0.267 e. The highest BCUT2D eigenvalue weighted by Gasteiger charge is 2.37. The van der Waals surface area contributed by atoms with Crippen molar-refractivity contribution in [2.75, 3.05) is 18.1 Å². The van der Waals surface area contributed by atoms with Crippen LogP contribution in [0.5, 0.6) is 0 Å². The van der Waals surface area contributed by atoms with Crippen molar-refractivity contribution in [3.05, 3.63) is 22.4 Å². The van der Waals surface area contributed by atoms with Gasteiger partial charge in [-0.25, -0.2) is 13.4 Å². The van der Waals surface area contributed by atoms with E-state index in [-0.39, 0.29) is 29.7 Å². The molecule has 1 saturated heterocycles. The minimum Gasteiger partial charge on any atom is -0.351 e. The normalized spacial score (nSPS) is 23.2. The van der Waals surface area contributed by atoms with Crippen molar-refractivity contribution < 1.29 is 18.0 Å².